The Morgan fingerprint density at radius 2 is 0.943 bits per heavy atom. The van der Waals surface area contributed by atoms with Crippen LogP contribution in [0.15, 0.2) is 170 Å². The summed E-state index contributed by atoms with van der Waals surface area (Å²) in [6, 6.07) is 28.1. The Labute approximate surface area is 540 Å². The van der Waals surface area contributed by atoms with Crippen molar-refractivity contribution in [3.8, 4) is 22.3 Å². The van der Waals surface area contributed by atoms with Crippen molar-refractivity contribution in [3.05, 3.63) is 204 Å². The zero-order valence-corrected chi connectivity index (χ0v) is 52.1. The number of pyridine rings is 2. The van der Waals surface area contributed by atoms with Crippen molar-refractivity contribution in [1.29, 1.82) is 0 Å². The van der Waals surface area contributed by atoms with Gasteiger partial charge in [-0.3, -0.25) is 14.8 Å². The monoisotopic (exact) mass is 1210 g/mol. The van der Waals surface area contributed by atoms with E-state index in [0.29, 0.717) is 24.9 Å². The number of aliphatic carboxylic acids is 2. The van der Waals surface area contributed by atoms with Crippen LogP contribution in [0, 0.1) is 11.6 Å². The number of hydrogen-bond donors (Lipinski definition) is 4. The first-order chi connectivity index (χ1) is 41.6. The first-order valence-corrected chi connectivity index (χ1v) is 29.9. The van der Waals surface area contributed by atoms with Crippen molar-refractivity contribution in [3.63, 3.8) is 0 Å². The summed E-state index contributed by atoms with van der Waals surface area (Å²) in [6.45, 7) is 4.46. The van der Waals surface area contributed by atoms with Gasteiger partial charge in [-0.2, -0.15) is 0 Å². The molecule has 8 rings (SSSR count). The molecule has 12 nitrogen and oxygen atoms in total. The molecule has 2 fully saturated rings. The van der Waals surface area contributed by atoms with Crippen molar-refractivity contribution >= 4 is 89.6 Å². The SMILES string of the molecule is CC/C=C\C/C=C\C/C=C\C/C=C\C/C=C\CCCC(=O)OCC.O=C([O-])C[C@H](O)C[C@H](O)/C=C/c1c(C2CC2)nc2ccccc2c1-c1ccc(F)cc1.O=C([O-])C[C@H](O)C[C@H](O)/C=C/c1c(C2CC2)nc2ccccc2c1-c1ccc(F)cc1.[Ca+2]. The van der Waals surface area contributed by atoms with Gasteiger partial charge < -0.3 is 45.0 Å². The summed E-state index contributed by atoms with van der Waals surface area (Å²) in [5.74, 6) is -2.81. The van der Waals surface area contributed by atoms with Crippen molar-refractivity contribution in [2.75, 3.05) is 6.61 Å². The third kappa shape index (κ3) is 25.1. The number of allylic oxidation sites excluding steroid dienone is 10. The molecule has 0 aliphatic heterocycles. The first-order valence-electron chi connectivity index (χ1n) is 29.9. The number of benzene rings is 4. The molecule has 0 radical (unpaired) electrons. The summed E-state index contributed by atoms with van der Waals surface area (Å²) in [7, 11) is 0. The number of hydrogen-bond acceptors (Lipinski definition) is 12. The predicted octanol–water partition coefficient (Wildman–Crippen LogP) is 12.5. The number of rotatable bonds is 30. The largest absolute Gasteiger partial charge is 2.00 e. The van der Waals surface area contributed by atoms with E-state index < -0.39 is 49.2 Å². The molecule has 2 aliphatic carbocycles. The zero-order valence-electron chi connectivity index (χ0n) is 49.9. The molecule has 0 saturated heterocycles. The van der Waals surface area contributed by atoms with E-state index in [1.165, 1.54) is 24.3 Å². The van der Waals surface area contributed by atoms with Crippen molar-refractivity contribution in [2.24, 2.45) is 0 Å². The van der Waals surface area contributed by atoms with Crippen molar-refractivity contribution in [1.82, 2.24) is 9.97 Å². The Hall–Kier alpha value is -6.75. The van der Waals surface area contributed by atoms with Gasteiger partial charge in [0, 0.05) is 88.9 Å². The fraction of sp³-hybridized carbons (Fsp3) is 0.347. The number of aliphatic hydroxyl groups excluding tert-OH is 4. The number of ether oxygens (including phenoxy) is 1. The van der Waals surface area contributed by atoms with Crippen LogP contribution in [0.3, 0.4) is 0 Å². The quantitative estimate of drug-likeness (QED) is 0.0144. The minimum absolute atomic E-state index is 0. The van der Waals surface area contributed by atoms with Gasteiger partial charge in [0.2, 0.25) is 0 Å². The standard InChI is InChI=1S/2C25H24FNO4.C22H34O2.Ca/c2*26-17-9-7-15(8-10-17)24-20-3-1-2-4-22(20)27-25(16-5-6-16)21(24)12-11-18(28)13-19(29)14-23(30)31;1-3-5-6-7-8-9-10-11-12-13-14-15-16-17-18-19-20-21-22(23)24-4-2;/h2*1-4,7-12,16,18-19,28-29H,5-6,13-14H2,(H,30,31);5-6,8-9,11-12,14-15,17-18H,3-4,7,10,13,16,19-21H2,1-2H3;/q;;;+2/p-2/b2*12-11+;6-5-,9-8-,12-11-,15-14-,18-17-;/t2*18-,19-;;/m11../s1. The van der Waals surface area contributed by atoms with Crippen LogP contribution >= 0.6 is 0 Å². The normalized spacial score (nSPS) is 14.9. The van der Waals surface area contributed by atoms with Crippen LogP contribution in [0.4, 0.5) is 8.78 Å². The Kier molecular flexibility index (Phi) is 31.4. The van der Waals surface area contributed by atoms with Crippen LogP contribution in [0.25, 0.3) is 56.2 Å². The molecule has 2 heterocycles. The van der Waals surface area contributed by atoms with Crippen molar-refractivity contribution < 1.29 is 58.5 Å². The van der Waals surface area contributed by atoms with E-state index in [2.05, 4.69) is 67.7 Å². The fourth-order valence-corrected chi connectivity index (χ4v) is 9.67. The van der Waals surface area contributed by atoms with Crippen LogP contribution in [-0.4, -0.2) is 117 Å². The number of para-hydroxylation sites is 2. The smallest absolute Gasteiger partial charge is 0.550 e. The van der Waals surface area contributed by atoms with E-state index in [1.54, 1.807) is 48.6 Å². The van der Waals surface area contributed by atoms with Gasteiger partial charge in [-0.05, 0) is 125 Å². The molecule has 2 aromatic heterocycles. The minimum atomic E-state index is -1.36. The average Bonchev–Trinajstić information content (AvgIpc) is 1.83. The number of aliphatic hydroxyl groups is 4. The van der Waals surface area contributed by atoms with Crippen LogP contribution in [-0.2, 0) is 19.1 Å². The third-order valence-corrected chi connectivity index (χ3v) is 14.1. The van der Waals surface area contributed by atoms with E-state index in [4.69, 9.17) is 14.7 Å². The van der Waals surface area contributed by atoms with Crippen LogP contribution in [0.5, 0.6) is 0 Å². The Morgan fingerprint density at radius 3 is 1.31 bits per heavy atom. The molecule has 6 aromatic rings. The molecule has 4 atom stereocenters. The molecule has 15 heteroatoms. The van der Waals surface area contributed by atoms with Gasteiger partial charge in [-0.15, -0.1) is 0 Å². The summed E-state index contributed by atoms with van der Waals surface area (Å²) >= 11 is 0. The number of carbonyl (C=O) groups excluding carboxylic acids is 3. The third-order valence-electron chi connectivity index (χ3n) is 14.1. The number of carboxylic acid groups (broad SMARTS) is 2. The molecule has 87 heavy (non-hydrogen) atoms. The maximum absolute atomic E-state index is 13.6. The van der Waals surface area contributed by atoms with Gasteiger partial charge >= 0.3 is 43.7 Å². The second kappa shape index (κ2) is 38.5. The summed E-state index contributed by atoms with van der Waals surface area (Å²) in [6.07, 6.45) is 34.3. The predicted molar refractivity (Wildman–Crippen MR) is 339 cm³/mol. The van der Waals surface area contributed by atoms with Gasteiger partial charge in [0.05, 0.1) is 53.4 Å². The first kappa shape index (κ1) is 71.0. The molecule has 0 unspecified atom stereocenters. The number of aromatic nitrogens is 2. The zero-order chi connectivity index (χ0) is 61.6. The topological polar surface area (TPSA) is 213 Å². The number of nitrogens with zero attached hydrogens (tertiary/aromatic N) is 2. The summed E-state index contributed by atoms with van der Waals surface area (Å²) in [5, 5.41) is 63.3. The number of unbranched alkanes of at least 4 members (excludes halogenated alkanes) is 1. The molecule has 2 saturated carbocycles. The van der Waals surface area contributed by atoms with Crippen molar-refractivity contribution in [2.45, 2.75) is 153 Å². The maximum Gasteiger partial charge on any atom is 2.00 e. The molecule has 4 N–H and O–H groups in total. The fourth-order valence-electron chi connectivity index (χ4n) is 9.67. The summed E-state index contributed by atoms with van der Waals surface area (Å²) in [4.78, 5) is 42.2. The Morgan fingerprint density at radius 1 is 0.563 bits per heavy atom. The van der Waals surface area contributed by atoms with Gasteiger partial charge in [0.15, 0.2) is 0 Å². The van der Waals surface area contributed by atoms with E-state index >= 15 is 0 Å². The van der Waals surface area contributed by atoms with E-state index in [1.807, 2.05) is 55.5 Å². The molecule has 4 aromatic carbocycles. The van der Waals surface area contributed by atoms with Gasteiger partial charge in [-0.25, -0.2) is 8.78 Å². The maximum atomic E-state index is 13.6. The molecule has 0 amide bonds. The molecule has 454 valence electrons. The molecule has 0 spiro atoms. The number of halogens is 2. The number of carbonyl (C=O) groups is 3. The number of carboxylic acids is 2. The Bertz CT molecular complexity index is 3170. The van der Waals surface area contributed by atoms with Gasteiger partial charge in [0.1, 0.15) is 11.6 Å². The second-order valence-electron chi connectivity index (χ2n) is 21.4. The number of esters is 1. The summed E-state index contributed by atoms with van der Waals surface area (Å²) in [5.41, 5.74) is 8.76. The van der Waals surface area contributed by atoms with E-state index in [-0.39, 0.29) is 68.2 Å². The van der Waals surface area contributed by atoms with Crippen LogP contribution in [0.1, 0.15) is 151 Å². The number of fused-ring (bicyclic) bond motifs is 2. The summed E-state index contributed by atoms with van der Waals surface area (Å²) < 4.78 is 32.0. The van der Waals surface area contributed by atoms with Crippen LogP contribution < -0.4 is 10.2 Å². The molecule has 0 bridgehead atoms. The molecule has 2 aliphatic rings. The van der Waals surface area contributed by atoms with Gasteiger partial charge in [-0.1, -0.05) is 153 Å². The van der Waals surface area contributed by atoms with Crippen LogP contribution in [0.2, 0.25) is 0 Å². The Balaban J connectivity index is 0.000000240. The average molecular weight is 1210 g/mol. The molecular formula is C72H80CaF2N2O10. The molecular weight excluding hydrogens is 1130 g/mol. The second-order valence-corrected chi connectivity index (χ2v) is 21.4. The van der Waals surface area contributed by atoms with E-state index in [0.717, 1.165) is 137 Å². The van der Waals surface area contributed by atoms with E-state index in [9.17, 15) is 53.8 Å². The van der Waals surface area contributed by atoms with Gasteiger partial charge in [0.25, 0.3) is 0 Å². The minimum Gasteiger partial charge on any atom is -0.550 e.